The smallest absolute Gasteiger partial charge is 0.226 e. The second-order valence-electron chi connectivity index (χ2n) is 5.09. The van der Waals surface area contributed by atoms with E-state index in [0.29, 0.717) is 5.89 Å². The van der Waals surface area contributed by atoms with Gasteiger partial charge in [-0.25, -0.2) is 4.98 Å². The van der Waals surface area contributed by atoms with Crippen LogP contribution in [-0.4, -0.2) is 43.3 Å². The van der Waals surface area contributed by atoms with E-state index in [9.17, 15) is 0 Å². The number of rotatable bonds is 7. The number of aryl methyl sites for hydroxylation is 1. The summed E-state index contributed by atoms with van der Waals surface area (Å²) in [7, 11) is 4.06. The molecule has 0 amide bonds. The molecule has 0 saturated carbocycles. The maximum Gasteiger partial charge on any atom is 0.226 e. The van der Waals surface area contributed by atoms with E-state index in [4.69, 9.17) is 4.42 Å². The number of aromatic nitrogens is 1. The Hall–Kier alpha value is -0.720. The lowest BCUT2D eigenvalue weighted by molar-refractivity contribution is 0.322. The van der Waals surface area contributed by atoms with Crippen molar-refractivity contribution in [2.75, 3.05) is 33.4 Å². The van der Waals surface area contributed by atoms with Crippen LogP contribution in [0.5, 0.6) is 0 Å². The molecular weight excluding hydrogens is 353 g/mol. The fourth-order valence-electron chi connectivity index (χ4n) is 2.07. The van der Waals surface area contributed by atoms with Crippen LogP contribution in [0.2, 0.25) is 0 Å². The van der Waals surface area contributed by atoms with Gasteiger partial charge >= 0.3 is 0 Å². The van der Waals surface area contributed by atoms with E-state index in [-0.39, 0.29) is 24.8 Å². The lowest BCUT2D eigenvalue weighted by Crippen LogP contribution is -2.27. The second-order valence-corrected chi connectivity index (χ2v) is 5.97. The van der Waals surface area contributed by atoms with E-state index < -0.39 is 0 Å². The summed E-state index contributed by atoms with van der Waals surface area (Å²) in [5.41, 5.74) is 2.04. The van der Waals surface area contributed by atoms with Gasteiger partial charge in [0.2, 0.25) is 5.89 Å². The van der Waals surface area contributed by atoms with Crippen molar-refractivity contribution >= 4 is 36.6 Å². The quantitative estimate of drug-likeness (QED) is 0.741. The molecule has 0 atom stereocenters. The Morgan fingerprint density at radius 3 is 2.43 bits per heavy atom. The highest BCUT2D eigenvalue weighted by molar-refractivity contribution is 7.98. The minimum absolute atomic E-state index is 0. The number of benzene rings is 1. The van der Waals surface area contributed by atoms with E-state index in [2.05, 4.69) is 52.8 Å². The maximum atomic E-state index is 5.82. The third kappa shape index (κ3) is 6.36. The molecule has 1 N–H and O–H groups in total. The molecule has 1 aromatic heterocycles. The van der Waals surface area contributed by atoms with Crippen molar-refractivity contribution < 1.29 is 4.42 Å². The summed E-state index contributed by atoms with van der Waals surface area (Å²) in [6.45, 7) is 4.74. The van der Waals surface area contributed by atoms with E-state index in [1.165, 1.54) is 4.90 Å². The monoisotopic (exact) mass is 377 g/mol. The first-order valence-corrected chi connectivity index (χ1v) is 8.30. The fourth-order valence-corrected chi connectivity index (χ4v) is 2.48. The Morgan fingerprint density at radius 2 is 1.87 bits per heavy atom. The molecule has 0 saturated heterocycles. The number of halogens is 2. The summed E-state index contributed by atoms with van der Waals surface area (Å²) in [5, 5.41) is 3.15. The first kappa shape index (κ1) is 22.3. The van der Waals surface area contributed by atoms with Crippen molar-refractivity contribution in [2.24, 2.45) is 0 Å². The van der Waals surface area contributed by atoms with Gasteiger partial charge in [-0.05, 0) is 51.5 Å². The number of likely N-dealkylation sites (N-methyl/N-ethyl adjacent to an activating group) is 2. The molecule has 0 spiro atoms. The first-order chi connectivity index (χ1) is 10.1. The topological polar surface area (TPSA) is 41.3 Å². The molecule has 0 fully saturated rings. The molecule has 0 radical (unpaired) electrons. The van der Waals surface area contributed by atoms with Crippen LogP contribution >= 0.6 is 36.6 Å². The van der Waals surface area contributed by atoms with Gasteiger partial charge in [-0.2, -0.15) is 0 Å². The van der Waals surface area contributed by atoms with Gasteiger partial charge in [-0.15, -0.1) is 36.6 Å². The zero-order valence-corrected chi connectivity index (χ0v) is 16.4. The van der Waals surface area contributed by atoms with Gasteiger partial charge in [0.25, 0.3) is 0 Å². The first-order valence-electron chi connectivity index (χ1n) is 7.08. The molecule has 23 heavy (non-hydrogen) atoms. The van der Waals surface area contributed by atoms with Crippen molar-refractivity contribution in [3.8, 4) is 11.5 Å². The zero-order valence-electron chi connectivity index (χ0n) is 14.0. The summed E-state index contributed by atoms with van der Waals surface area (Å²) in [4.78, 5) is 8.13. The molecular formula is C16H25Cl2N3OS. The number of nitrogens with zero attached hydrogens (tertiary/aromatic N) is 2. The molecule has 0 unspecified atom stereocenters. The van der Waals surface area contributed by atoms with Crippen LogP contribution in [-0.2, 0) is 6.54 Å². The Morgan fingerprint density at radius 1 is 1.22 bits per heavy atom. The van der Waals surface area contributed by atoms with Crippen molar-refractivity contribution in [1.29, 1.82) is 0 Å². The molecule has 2 rings (SSSR count). The number of hydrogen-bond donors (Lipinski definition) is 1. The summed E-state index contributed by atoms with van der Waals surface area (Å²) < 4.78 is 5.82. The normalized spacial score (nSPS) is 10.3. The molecule has 1 heterocycles. The molecule has 0 aliphatic heterocycles. The number of nitrogens with one attached hydrogen (secondary N) is 1. The minimum atomic E-state index is 0. The fraction of sp³-hybridized carbons (Fsp3) is 0.438. The molecule has 0 aliphatic rings. The van der Waals surface area contributed by atoms with E-state index in [0.717, 1.165) is 36.7 Å². The van der Waals surface area contributed by atoms with Crippen LogP contribution in [0.25, 0.3) is 11.5 Å². The average Bonchev–Trinajstić information content (AvgIpc) is 2.86. The predicted molar refractivity (Wildman–Crippen MR) is 103 cm³/mol. The number of oxazole rings is 1. The largest absolute Gasteiger partial charge is 0.441 e. The van der Waals surface area contributed by atoms with Gasteiger partial charge in [0.1, 0.15) is 5.76 Å². The van der Waals surface area contributed by atoms with Crippen LogP contribution in [0, 0.1) is 6.92 Å². The SMILES string of the molecule is CNCCN(C)Cc1nc(-c2ccc(SC)cc2)oc1C.Cl.Cl. The lowest BCUT2D eigenvalue weighted by Gasteiger charge is -2.14. The minimum Gasteiger partial charge on any atom is -0.441 e. The number of hydrogen-bond acceptors (Lipinski definition) is 5. The van der Waals surface area contributed by atoms with E-state index in [1.807, 2.05) is 14.0 Å². The van der Waals surface area contributed by atoms with E-state index >= 15 is 0 Å². The Balaban J connectivity index is 0.00000242. The van der Waals surface area contributed by atoms with Crippen LogP contribution in [0.3, 0.4) is 0 Å². The predicted octanol–water partition coefficient (Wildman–Crippen LogP) is 3.87. The molecule has 0 aliphatic carbocycles. The molecule has 1 aromatic carbocycles. The maximum absolute atomic E-state index is 5.82. The summed E-state index contributed by atoms with van der Waals surface area (Å²) in [5.74, 6) is 1.60. The summed E-state index contributed by atoms with van der Waals surface area (Å²) in [6.07, 6.45) is 2.07. The van der Waals surface area contributed by atoms with Gasteiger partial charge in [0, 0.05) is 30.1 Å². The molecule has 7 heteroatoms. The van der Waals surface area contributed by atoms with Crippen LogP contribution in [0.15, 0.2) is 33.6 Å². The van der Waals surface area contributed by atoms with Gasteiger partial charge in [0.05, 0.1) is 5.69 Å². The van der Waals surface area contributed by atoms with Crippen molar-refractivity contribution in [3.63, 3.8) is 0 Å². The van der Waals surface area contributed by atoms with Gasteiger partial charge in [0.15, 0.2) is 0 Å². The van der Waals surface area contributed by atoms with Crippen LogP contribution < -0.4 is 5.32 Å². The third-order valence-corrected chi connectivity index (χ3v) is 4.14. The van der Waals surface area contributed by atoms with Crippen molar-refractivity contribution in [1.82, 2.24) is 15.2 Å². The van der Waals surface area contributed by atoms with Crippen molar-refractivity contribution in [3.05, 3.63) is 35.7 Å². The lowest BCUT2D eigenvalue weighted by atomic mass is 10.2. The molecule has 4 nitrogen and oxygen atoms in total. The van der Waals surface area contributed by atoms with Gasteiger partial charge < -0.3 is 9.73 Å². The zero-order chi connectivity index (χ0) is 15.2. The summed E-state index contributed by atoms with van der Waals surface area (Å²) in [6, 6.07) is 8.31. The highest BCUT2D eigenvalue weighted by Crippen LogP contribution is 2.24. The third-order valence-electron chi connectivity index (χ3n) is 3.39. The Kier molecular flexibility index (Phi) is 10.6. The standard InChI is InChI=1S/C16H23N3OS.2ClH/c1-12-15(11-19(3)10-9-17-2)18-16(20-12)13-5-7-14(21-4)8-6-13;;/h5-8,17H,9-11H2,1-4H3;2*1H. The van der Waals surface area contributed by atoms with Crippen LogP contribution in [0.4, 0.5) is 0 Å². The van der Waals surface area contributed by atoms with Gasteiger partial charge in [-0.3, -0.25) is 4.90 Å². The van der Waals surface area contributed by atoms with Gasteiger partial charge in [-0.1, -0.05) is 0 Å². The Bertz CT molecular complexity index is 575. The number of thioether (sulfide) groups is 1. The molecule has 0 bridgehead atoms. The molecule has 2 aromatic rings. The molecule has 130 valence electrons. The Labute approximate surface area is 155 Å². The highest BCUT2D eigenvalue weighted by atomic mass is 35.5. The second kappa shape index (κ2) is 10.9. The average molecular weight is 378 g/mol. The van der Waals surface area contributed by atoms with Crippen molar-refractivity contribution in [2.45, 2.75) is 18.4 Å². The highest BCUT2D eigenvalue weighted by Gasteiger charge is 2.13. The summed E-state index contributed by atoms with van der Waals surface area (Å²) >= 11 is 1.73. The van der Waals surface area contributed by atoms with Crippen LogP contribution in [0.1, 0.15) is 11.5 Å². The van der Waals surface area contributed by atoms with E-state index in [1.54, 1.807) is 11.8 Å².